The first kappa shape index (κ1) is 13.5. The standard InChI is InChI=1S/C6H7NO4.C2H6O2/c1-11-6(10)7-4(8)2-3-5(7)9;3-1-2-4/h2-3H2,1H3;3-4H,1-2H2. The molecule has 0 unspecified atom stereocenters. The van der Waals surface area contributed by atoms with Gasteiger partial charge < -0.3 is 14.9 Å². The molecule has 1 aliphatic heterocycles. The van der Waals surface area contributed by atoms with E-state index in [-0.39, 0.29) is 26.1 Å². The molecule has 0 aromatic heterocycles. The predicted molar refractivity (Wildman–Crippen MR) is 47.7 cm³/mol. The van der Waals surface area contributed by atoms with E-state index < -0.39 is 17.9 Å². The molecule has 0 aromatic rings. The number of hydrogen-bond donors (Lipinski definition) is 2. The molecule has 0 saturated carbocycles. The van der Waals surface area contributed by atoms with E-state index in [2.05, 4.69) is 4.74 Å². The summed E-state index contributed by atoms with van der Waals surface area (Å²) in [6, 6.07) is 0. The van der Waals surface area contributed by atoms with Gasteiger partial charge in [0.25, 0.3) is 0 Å². The van der Waals surface area contributed by atoms with Gasteiger partial charge in [-0.15, -0.1) is 0 Å². The van der Waals surface area contributed by atoms with Gasteiger partial charge in [0.05, 0.1) is 20.3 Å². The largest absolute Gasteiger partial charge is 0.452 e. The zero-order valence-electron chi connectivity index (χ0n) is 8.30. The Balaban J connectivity index is 0.000000423. The fourth-order valence-electron chi connectivity index (χ4n) is 0.871. The molecule has 0 spiro atoms. The first-order valence-corrected chi connectivity index (χ1v) is 4.24. The monoisotopic (exact) mass is 219 g/mol. The number of hydrogen-bond acceptors (Lipinski definition) is 6. The molecule has 7 nitrogen and oxygen atoms in total. The summed E-state index contributed by atoms with van der Waals surface area (Å²) < 4.78 is 4.22. The Labute approximate surface area is 86.2 Å². The van der Waals surface area contributed by atoms with Crippen molar-refractivity contribution >= 4 is 17.9 Å². The van der Waals surface area contributed by atoms with E-state index in [1.54, 1.807) is 0 Å². The van der Waals surface area contributed by atoms with Crippen molar-refractivity contribution in [3.05, 3.63) is 0 Å². The SMILES string of the molecule is COC(=O)N1C(=O)CCC1=O.OCCO. The summed E-state index contributed by atoms with van der Waals surface area (Å²) in [4.78, 5) is 32.8. The quantitative estimate of drug-likeness (QED) is 0.541. The number of aliphatic hydroxyl groups excluding tert-OH is 2. The first-order chi connectivity index (χ1) is 7.08. The van der Waals surface area contributed by atoms with Crippen molar-refractivity contribution in [1.29, 1.82) is 0 Å². The molecule has 1 fully saturated rings. The van der Waals surface area contributed by atoms with Gasteiger partial charge in [-0.3, -0.25) is 9.59 Å². The minimum Gasteiger partial charge on any atom is -0.452 e. The predicted octanol–water partition coefficient (Wildman–Crippen LogP) is -1.13. The maximum atomic E-state index is 10.8. The van der Waals surface area contributed by atoms with Crippen molar-refractivity contribution < 1.29 is 29.3 Å². The number of ether oxygens (including phenoxy) is 1. The number of imide groups is 3. The second-order valence-electron chi connectivity index (χ2n) is 2.54. The zero-order valence-corrected chi connectivity index (χ0v) is 8.30. The Hall–Kier alpha value is -1.47. The van der Waals surface area contributed by atoms with E-state index in [1.807, 2.05) is 0 Å². The lowest BCUT2D eigenvalue weighted by molar-refractivity contribution is -0.135. The maximum absolute atomic E-state index is 10.8. The van der Waals surface area contributed by atoms with Crippen molar-refractivity contribution in [2.75, 3.05) is 20.3 Å². The Bertz CT molecular complexity index is 234. The highest BCUT2D eigenvalue weighted by Crippen LogP contribution is 2.12. The van der Waals surface area contributed by atoms with Gasteiger partial charge >= 0.3 is 6.09 Å². The van der Waals surface area contributed by atoms with Crippen LogP contribution in [0.25, 0.3) is 0 Å². The van der Waals surface area contributed by atoms with Crippen LogP contribution in [0, 0.1) is 0 Å². The molecule has 0 aliphatic carbocycles. The molecule has 1 saturated heterocycles. The van der Waals surface area contributed by atoms with Crippen molar-refractivity contribution in [3.8, 4) is 0 Å². The molecule has 1 heterocycles. The smallest absolute Gasteiger partial charge is 0.423 e. The summed E-state index contributed by atoms with van der Waals surface area (Å²) in [7, 11) is 1.13. The summed E-state index contributed by atoms with van der Waals surface area (Å²) in [5.41, 5.74) is 0. The second-order valence-corrected chi connectivity index (χ2v) is 2.54. The average molecular weight is 219 g/mol. The van der Waals surface area contributed by atoms with E-state index in [1.165, 1.54) is 0 Å². The van der Waals surface area contributed by atoms with E-state index >= 15 is 0 Å². The molecular weight excluding hydrogens is 206 g/mol. The second kappa shape index (κ2) is 6.91. The van der Waals surface area contributed by atoms with Crippen molar-refractivity contribution in [3.63, 3.8) is 0 Å². The summed E-state index contributed by atoms with van der Waals surface area (Å²) in [5.74, 6) is -0.969. The number of aliphatic hydroxyl groups is 2. The van der Waals surface area contributed by atoms with Crippen LogP contribution in [-0.4, -0.2) is 53.3 Å². The molecule has 2 N–H and O–H groups in total. The Morgan fingerprint density at radius 2 is 1.67 bits per heavy atom. The molecule has 0 atom stereocenters. The van der Waals surface area contributed by atoms with Gasteiger partial charge in [-0.1, -0.05) is 0 Å². The van der Waals surface area contributed by atoms with Crippen molar-refractivity contribution in [2.24, 2.45) is 0 Å². The highest BCUT2D eigenvalue weighted by Gasteiger charge is 2.34. The number of carbonyl (C=O) groups excluding carboxylic acids is 3. The van der Waals surface area contributed by atoms with Crippen LogP contribution >= 0.6 is 0 Å². The highest BCUT2D eigenvalue weighted by atomic mass is 16.5. The lowest BCUT2D eigenvalue weighted by Gasteiger charge is -2.08. The number of carbonyl (C=O) groups is 3. The van der Waals surface area contributed by atoms with Crippen LogP contribution in [-0.2, 0) is 14.3 Å². The maximum Gasteiger partial charge on any atom is 0.423 e. The zero-order chi connectivity index (χ0) is 11.8. The normalized spacial score (nSPS) is 14.7. The first-order valence-electron chi connectivity index (χ1n) is 4.24. The minimum absolute atomic E-state index is 0.105. The molecule has 0 bridgehead atoms. The molecule has 0 aromatic carbocycles. The van der Waals surface area contributed by atoms with Gasteiger partial charge in [-0.2, -0.15) is 4.90 Å². The van der Waals surface area contributed by atoms with Gasteiger partial charge in [-0.25, -0.2) is 4.79 Å². The summed E-state index contributed by atoms with van der Waals surface area (Å²) in [6.07, 6.45) is -0.681. The van der Waals surface area contributed by atoms with Crippen LogP contribution in [0.1, 0.15) is 12.8 Å². The van der Waals surface area contributed by atoms with Gasteiger partial charge in [0, 0.05) is 12.8 Å². The van der Waals surface area contributed by atoms with E-state index in [9.17, 15) is 14.4 Å². The summed E-state index contributed by atoms with van der Waals surface area (Å²) >= 11 is 0. The fraction of sp³-hybridized carbons (Fsp3) is 0.625. The Morgan fingerprint density at radius 3 is 1.93 bits per heavy atom. The van der Waals surface area contributed by atoms with Crippen LogP contribution in [0.15, 0.2) is 0 Å². The lowest BCUT2D eigenvalue weighted by Crippen LogP contribution is -2.35. The van der Waals surface area contributed by atoms with Crippen molar-refractivity contribution in [2.45, 2.75) is 12.8 Å². The van der Waals surface area contributed by atoms with Gasteiger partial charge in [-0.05, 0) is 0 Å². The topological polar surface area (TPSA) is 104 Å². The third kappa shape index (κ3) is 4.05. The van der Waals surface area contributed by atoms with Gasteiger partial charge in [0.15, 0.2) is 0 Å². The van der Waals surface area contributed by atoms with Gasteiger partial charge in [0.1, 0.15) is 0 Å². The van der Waals surface area contributed by atoms with Gasteiger partial charge in [0.2, 0.25) is 11.8 Å². The van der Waals surface area contributed by atoms with Crippen LogP contribution in [0.3, 0.4) is 0 Å². The van der Waals surface area contributed by atoms with E-state index in [0.29, 0.717) is 4.90 Å². The fourth-order valence-corrected chi connectivity index (χ4v) is 0.871. The molecular formula is C8H13NO6. The van der Waals surface area contributed by atoms with Crippen LogP contribution < -0.4 is 0 Å². The third-order valence-corrected chi connectivity index (χ3v) is 1.51. The van der Waals surface area contributed by atoms with Crippen molar-refractivity contribution in [1.82, 2.24) is 4.90 Å². The number of methoxy groups -OCH3 is 1. The summed E-state index contributed by atoms with van der Waals surface area (Å²) in [6.45, 7) is -0.250. The molecule has 7 heteroatoms. The molecule has 86 valence electrons. The molecule has 15 heavy (non-hydrogen) atoms. The Morgan fingerprint density at radius 1 is 1.27 bits per heavy atom. The lowest BCUT2D eigenvalue weighted by atomic mass is 10.4. The summed E-state index contributed by atoms with van der Waals surface area (Å²) in [5, 5.41) is 15.2. The third-order valence-electron chi connectivity index (χ3n) is 1.51. The van der Waals surface area contributed by atoms with Crippen LogP contribution in [0.4, 0.5) is 4.79 Å². The molecule has 1 aliphatic rings. The number of likely N-dealkylation sites (tertiary alicyclic amines) is 1. The molecule has 1 rings (SSSR count). The molecule has 0 radical (unpaired) electrons. The number of rotatable bonds is 1. The number of amides is 3. The van der Waals surface area contributed by atoms with E-state index in [4.69, 9.17) is 10.2 Å². The van der Waals surface area contributed by atoms with E-state index in [0.717, 1.165) is 7.11 Å². The number of nitrogens with zero attached hydrogens (tertiary/aromatic N) is 1. The molecule has 3 amide bonds. The minimum atomic E-state index is -0.891. The Kier molecular flexibility index (Phi) is 6.23. The highest BCUT2D eigenvalue weighted by molar-refractivity contribution is 6.13. The average Bonchev–Trinajstić information content (AvgIpc) is 2.58. The van der Waals surface area contributed by atoms with Crippen LogP contribution in [0.5, 0.6) is 0 Å². The van der Waals surface area contributed by atoms with Crippen LogP contribution in [0.2, 0.25) is 0 Å².